The molecule has 90 valence electrons. The molecular weight excluding hydrogens is 204 g/mol. The Morgan fingerprint density at radius 2 is 2.44 bits per heavy atom. The molecule has 1 aromatic heterocycles. The lowest BCUT2D eigenvalue weighted by Gasteiger charge is -2.21. The molecule has 0 aliphatic carbocycles. The first-order valence-electron chi connectivity index (χ1n) is 6.04. The summed E-state index contributed by atoms with van der Waals surface area (Å²) in [6.07, 6.45) is 5.30. The van der Waals surface area contributed by atoms with Crippen molar-refractivity contribution in [1.29, 1.82) is 0 Å². The van der Waals surface area contributed by atoms with Crippen molar-refractivity contribution in [3.8, 4) is 0 Å². The summed E-state index contributed by atoms with van der Waals surface area (Å²) in [6.45, 7) is 3.04. The Kier molecular flexibility index (Phi) is 3.90. The number of nitrogens with zero attached hydrogens (tertiary/aromatic N) is 2. The van der Waals surface area contributed by atoms with E-state index in [1.807, 2.05) is 6.92 Å². The van der Waals surface area contributed by atoms with Crippen LogP contribution in [0.2, 0.25) is 0 Å². The average molecular weight is 224 g/mol. The van der Waals surface area contributed by atoms with Crippen LogP contribution < -0.4 is 11.1 Å². The Hall–Kier alpha value is -0.940. The fraction of sp³-hybridized carbons (Fsp3) is 0.818. The van der Waals surface area contributed by atoms with E-state index in [-0.39, 0.29) is 6.04 Å². The second kappa shape index (κ2) is 5.41. The zero-order valence-corrected chi connectivity index (χ0v) is 9.78. The molecule has 2 heterocycles. The number of hydrogen-bond donors (Lipinski definition) is 2. The number of hydrogen-bond acceptors (Lipinski definition) is 5. The molecule has 2 rings (SSSR count). The summed E-state index contributed by atoms with van der Waals surface area (Å²) in [4.78, 5) is 4.35. The van der Waals surface area contributed by atoms with Gasteiger partial charge in [-0.2, -0.15) is 4.98 Å². The zero-order valence-electron chi connectivity index (χ0n) is 9.78. The van der Waals surface area contributed by atoms with Crippen LogP contribution in [-0.2, 0) is 12.8 Å². The molecule has 0 aromatic carbocycles. The van der Waals surface area contributed by atoms with Crippen LogP contribution in [0.5, 0.6) is 0 Å². The lowest BCUT2D eigenvalue weighted by Crippen LogP contribution is -2.35. The van der Waals surface area contributed by atoms with Gasteiger partial charge in [0.1, 0.15) is 0 Å². The Morgan fingerprint density at radius 3 is 3.12 bits per heavy atom. The van der Waals surface area contributed by atoms with Crippen molar-refractivity contribution in [2.75, 3.05) is 6.54 Å². The van der Waals surface area contributed by atoms with E-state index in [4.69, 9.17) is 10.3 Å². The maximum atomic E-state index is 5.68. The van der Waals surface area contributed by atoms with E-state index in [1.54, 1.807) is 0 Å². The van der Waals surface area contributed by atoms with Crippen LogP contribution >= 0.6 is 0 Å². The third kappa shape index (κ3) is 3.28. The maximum Gasteiger partial charge on any atom is 0.228 e. The third-order valence-corrected chi connectivity index (χ3v) is 2.85. The number of piperidine rings is 1. The van der Waals surface area contributed by atoms with Gasteiger partial charge in [0.2, 0.25) is 5.89 Å². The van der Waals surface area contributed by atoms with E-state index in [2.05, 4.69) is 15.5 Å². The lowest BCUT2D eigenvalue weighted by molar-refractivity contribution is 0.356. The topological polar surface area (TPSA) is 77.0 Å². The predicted molar refractivity (Wildman–Crippen MR) is 61.0 cm³/mol. The highest BCUT2D eigenvalue weighted by atomic mass is 16.5. The Labute approximate surface area is 95.8 Å². The Balaban J connectivity index is 1.86. The minimum absolute atomic E-state index is 0.0705. The fourth-order valence-electron chi connectivity index (χ4n) is 2.05. The van der Waals surface area contributed by atoms with Crippen molar-refractivity contribution >= 4 is 0 Å². The molecule has 0 saturated carbocycles. The molecule has 1 aliphatic heterocycles. The maximum absolute atomic E-state index is 5.68. The summed E-state index contributed by atoms with van der Waals surface area (Å²) in [5.74, 6) is 1.45. The molecule has 0 amide bonds. The smallest absolute Gasteiger partial charge is 0.228 e. The number of nitrogens with one attached hydrogen (secondary N) is 1. The van der Waals surface area contributed by atoms with Gasteiger partial charge in [-0.05, 0) is 26.3 Å². The van der Waals surface area contributed by atoms with Crippen LogP contribution in [0.15, 0.2) is 4.52 Å². The number of rotatable bonds is 4. The lowest BCUT2D eigenvalue weighted by atomic mass is 10.0. The van der Waals surface area contributed by atoms with Gasteiger partial charge in [0.15, 0.2) is 5.82 Å². The van der Waals surface area contributed by atoms with Gasteiger partial charge in [0, 0.05) is 24.9 Å². The van der Waals surface area contributed by atoms with Crippen LogP contribution in [0, 0.1) is 0 Å². The van der Waals surface area contributed by atoms with Crippen molar-refractivity contribution in [1.82, 2.24) is 15.5 Å². The Morgan fingerprint density at radius 1 is 1.56 bits per heavy atom. The second-order valence-corrected chi connectivity index (χ2v) is 4.64. The van der Waals surface area contributed by atoms with Gasteiger partial charge in [-0.25, -0.2) is 0 Å². The van der Waals surface area contributed by atoms with Crippen molar-refractivity contribution in [2.24, 2.45) is 5.73 Å². The van der Waals surface area contributed by atoms with Crippen molar-refractivity contribution in [2.45, 2.75) is 51.1 Å². The standard InChI is InChI=1S/C11H20N4O/c1-8(12)6-11-14-10(15-16-11)7-9-4-2-3-5-13-9/h8-9,13H,2-7,12H2,1H3. The molecular formula is C11H20N4O. The molecule has 2 atom stereocenters. The first kappa shape index (κ1) is 11.5. The van der Waals surface area contributed by atoms with Crippen molar-refractivity contribution < 1.29 is 4.52 Å². The van der Waals surface area contributed by atoms with E-state index in [0.29, 0.717) is 18.4 Å². The molecule has 1 fully saturated rings. The van der Waals surface area contributed by atoms with Gasteiger partial charge in [-0.15, -0.1) is 0 Å². The minimum Gasteiger partial charge on any atom is -0.339 e. The minimum atomic E-state index is 0.0705. The largest absolute Gasteiger partial charge is 0.339 e. The van der Waals surface area contributed by atoms with E-state index < -0.39 is 0 Å². The molecule has 0 radical (unpaired) electrons. The van der Waals surface area contributed by atoms with Crippen molar-refractivity contribution in [3.05, 3.63) is 11.7 Å². The highest BCUT2D eigenvalue weighted by Crippen LogP contribution is 2.11. The first-order valence-corrected chi connectivity index (χ1v) is 6.04. The summed E-state index contributed by atoms with van der Waals surface area (Å²) >= 11 is 0. The monoisotopic (exact) mass is 224 g/mol. The number of aromatic nitrogens is 2. The molecule has 1 aliphatic rings. The van der Waals surface area contributed by atoms with Gasteiger partial charge in [0.25, 0.3) is 0 Å². The average Bonchev–Trinajstić information content (AvgIpc) is 2.66. The van der Waals surface area contributed by atoms with E-state index in [9.17, 15) is 0 Å². The molecule has 2 unspecified atom stereocenters. The van der Waals surface area contributed by atoms with Gasteiger partial charge in [-0.3, -0.25) is 0 Å². The van der Waals surface area contributed by atoms with E-state index >= 15 is 0 Å². The van der Waals surface area contributed by atoms with Crippen LogP contribution in [0.25, 0.3) is 0 Å². The second-order valence-electron chi connectivity index (χ2n) is 4.64. The molecule has 1 saturated heterocycles. The normalized spacial score (nSPS) is 23.2. The predicted octanol–water partition coefficient (Wildman–Crippen LogP) is 0.644. The fourth-order valence-corrected chi connectivity index (χ4v) is 2.05. The third-order valence-electron chi connectivity index (χ3n) is 2.85. The van der Waals surface area contributed by atoms with E-state index in [1.165, 1.54) is 19.3 Å². The van der Waals surface area contributed by atoms with Crippen molar-refractivity contribution in [3.63, 3.8) is 0 Å². The summed E-state index contributed by atoms with van der Waals surface area (Å²) in [7, 11) is 0. The number of nitrogens with two attached hydrogens (primary N) is 1. The van der Waals surface area contributed by atoms with Crippen LogP contribution in [0.3, 0.4) is 0 Å². The molecule has 5 nitrogen and oxygen atoms in total. The molecule has 3 N–H and O–H groups in total. The molecule has 16 heavy (non-hydrogen) atoms. The van der Waals surface area contributed by atoms with E-state index in [0.717, 1.165) is 18.8 Å². The summed E-state index contributed by atoms with van der Waals surface area (Å²) in [6, 6.07) is 0.579. The van der Waals surface area contributed by atoms with Crippen LogP contribution in [-0.4, -0.2) is 28.8 Å². The van der Waals surface area contributed by atoms with Gasteiger partial charge < -0.3 is 15.6 Å². The highest BCUT2D eigenvalue weighted by Gasteiger charge is 2.16. The molecule has 0 spiro atoms. The molecule has 5 heteroatoms. The molecule has 0 bridgehead atoms. The van der Waals surface area contributed by atoms with Gasteiger partial charge in [0.05, 0.1) is 0 Å². The van der Waals surface area contributed by atoms with Gasteiger partial charge in [-0.1, -0.05) is 11.6 Å². The zero-order chi connectivity index (χ0) is 11.4. The van der Waals surface area contributed by atoms with Crippen LogP contribution in [0.1, 0.15) is 37.9 Å². The Bertz CT molecular complexity index is 318. The molecule has 1 aromatic rings. The highest BCUT2D eigenvalue weighted by molar-refractivity contribution is 4.92. The van der Waals surface area contributed by atoms with Gasteiger partial charge >= 0.3 is 0 Å². The summed E-state index contributed by atoms with van der Waals surface area (Å²) in [5, 5.41) is 7.45. The van der Waals surface area contributed by atoms with Crippen LogP contribution in [0.4, 0.5) is 0 Å². The summed E-state index contributed by atoms with van der Waals surface area (Å²) < 4.78 is 5.15. The summed E-state index contributed by atoms with van der Waals surface area (Å²) in [5.41, 5.74) is 5.68. The quantitative estimate of drug-likeness (QED) is 0.785. The SMILES string of the molecule is CC(N)Cc1nc(CC2CCCCN2)no1. The first-order chi connectivity index (χ1) is 7.74.